The summed E-state index contributed by atoms with van der Waals surface area (Å²) in [5, 5.41) is 0. The molecule has 0 radical (unpaired) electrons. The van der Waals surface area contributed by atoms with Gasteiger partial charge in [0, 0.05) is 96.2 Å². The Morgan fingerprint density at radius 3 is 2.24 bits per heavy atom. The number of carbonyl (C=O) groups excluding carboxylic acids is 2. The Labute approximate surface area is 293 Å². The Morgan fingerprint density at radius 1 is 0.898 bits per heavy atom. The third-order valence-corrected chi connectivity index (χ3v) is 9.78. The van der Waals surface area contributed by atoms with Crippen molar-refractivity contribution in [2.45, 2.75) is 65.6 Å². The molecule has 1 atom stereocenters. The summed E-state index contributed by atoms with van der Waals surface area (Å²) >= 11 is 0. The highest BCUT2D eigenvalue weighted by Gasteiger charge is 2.31. The molecule has 0 spiro atoms. The molecule has 0 bridgehead atoms. The second kappa shape index (κ2) is 16.1. The maximum Gasteiger partial charge on any atom is 0.412 e. The number of benzene rings is 2. The van der Waals surface area contributed by atoms with E-state index in [1.54, 1.807) is 12.0 Å². The van der Waals surface area contributed by atoms with Gasteiger partial charge in [-0.1, -0.05) is 36.4 Å². The van der Waals surface area contributed by atoms with Crippen LogP contribution in [-0.2, 0) is 29.5 Å². The van der Waals surface area contributed by atoms with Crippen LogP contribution in [0.3, 0.4) is 0 Å². The van der Waals surface area contributed by atoms with Crippen LogP contribution in [0.5, 0.6) is 0 Å². The Hall–Kier alpha value is -4.02. The number of carbonyl (C=O) groups is 2. The molecule has 0 unspecified atom stereocenters. The van der Waals surface area contributed by atoms with Gasteiger partial charge in [-0.25, -0.2) is 4.79 Å². The second-order valence-electron chi connectivity index (χ2n) is 14.5. The first-order valence-corrected chi connectivity index (χ1v) is 17.7. The van der Waals surface area contributed by atoms with Crippen molar-refractivity contribution < 1.29 is 19.1 Å². The van der Waals surface area contributed by atoms with Gasteiger partial charge in [0.1, 0.15) is 18.0 Å². The van der Waals surface area contributed by atoms with Crippen LogP contribution in [0, 0.1) is 6.92 Å². The average Bonchev–Trinajstić information content (AvgIpc) is 3.36. The highest BCUT2D eigenvalue weighted by atomic mass is 16.6. The van der Waals surface area contributed by atoms with Gasteiger partial charge in [-0.2, -0.15) is 0 Å². The number of methoxy groups -OCH3 is 1. The normalized spacial score (nSPS) is 17.4. The van der Waals surface area contributed by atoms with E-state index in [1.807, 2.05) is 38.8 Å². The van der Waals surface area contributed by atoms with Gasteiger partial charge < -0.3 is 28.7 Å². The van der Waals surface area contributed by atoms with E-state index >= 15 is 0 Å². The van der Waals surface area contributed by atoms with Crippen LogP contribution in [0.25, 0.3) is 0 Å². The summed E-state index contributed by atoms with van der Waals surface area (Å²) in [5.74, 6) is 0.120. The number of ether oxygens (including phenoxy) is 2. The number of aryl methyl sites for hydroxylation is 1. The molecule has 0 saturated carbocycles. The molecule has 49 heavy (non-hydrogen) atoms. The van der Waals surface area contributed by atoms with E-state index in [4.69, 9.17) is 9.47 Å². The van der Waals surface area contributed by atoms with Crippen LogP contribution in [0.15, 0.2) is 60.7 Å². The maximum atomic E-state index is 13.8. The lowest BCUT2D eigenvalue weighted by molar-refractivity contribution is -0.00311. The molecule has 1 aromatic heterocycles. The van der Waals surface area contributed by atoms with Gasteiger partial charge in [-0.05, 0) is 82.9 Å². The monoisotopic (exact) mass is 672 g/mol. The second-order valence-corrected chi connectivity index (χ2v) is 14.5. The van der Waals surface area contributed by atoms with Crippen LogP contribution >= 0.6 is 0 Å². The van der Waals surface area contributed by atoms with Crippen molar-refractivity contribution in [1.29, 1.82) is 0 Å². The highest BCUT2D eigenvalue weighted by molar-refractivity contribution is 5.93. The maximum absolute atomic E-state index is 13.8. The molecule has 2 aromatic carbocycles. The lowest BCUT2D eigenvalue weighted by atomic mass is 10.1. The van der Waals surface area contributed by atoms with E-state index in [1.165, 1.54) is 22.5 Å². The largest absolute Gasteiger partial charge is 0.444 e. The summed E-state index contributed by atoms with van der Waals surface area (Å²) < 4.78 is 12.9. The number of hydrogen-bond acceptors (Lipinski definition) is 7. The number of aromatic nitrogens is 1. The van der Waals surface area contributed by atoms with Gasteiger partial charge in [-0.15, -0.1) is 0 Å². The molecule has 2 aliphatic heterocycles. The minimum atomic E-state index is -0.547. The minimum absolute atomic E-state index is 0.120. The van der Waals surface area contributed by atoms with Crippen LogP contribution in [0.4, 0.5) is 16.2 Å². The Morgan fingerprint density at radius 2 is 1.57 bits per heavy atom. The van der Waals surface area contributed by atoms with Gasteiger partial charge in [-0.3, -0.25) is 14.6 Å². The van der Waals surface area contributed by atoms with E-state index < -0.39 is 5.60 Å². The molecule has 2 amide bonds. The number of amides is 2. The summed E-state index contributed by atoms with van der Waals surface area (Å²) in [6.07, 6.45) is 1.33. The summed E-state index contributed by atoms with van der Waals surface area (Å²) in [6.45, 7) is 17.7. The van der Waals surface area contributed by atoms with E-state index in [-0.39, 0.29) is 24.8 Å². The van der Waals surface area contributed by atoms with Gasteiger partial charge in [0.25, 0.3) is 5.91 Å². The number of para-hydroxylation sites is 2. The van der Waals surface area contributed by atoms with Crippen molar-refractivity contribution in [2.24, 2.45) is 7.05 Å². The van der Waals surface area contributed by atoms with E-state index in [9.17, 15) is 9.59 Å². The summed E-state index contributed by atoms with van der Waals surface area (Å²) in [7, 11) is 3.62. The number of hydrogen-bond donors (Lipinski definition) is 0. The highest BCUT2D eigenvalue weighted by Crippen LogP contribution is 2.26. The van der Waals surface area contributed by atoms with Gasteiger partial charge in [0.15, 0.2) is 0 Å². The van der Waals surface area contributed by atoms with Crippen molar-refractivity contribution in [3.8, 4) is 0 Å². The summed E-state index contributed by atoms with van der Waals surface area (Å²) in [4.78, 5) is 37.5. The van der Waals surface area contributed by atoms with Crippen LogP contribution in [0.1, 0.15) is 61.4 Å². The fourth-order valence-electron chi connectivity index (χ4n) is 6.98. The van der Waals surface area contributed by atoms with Crippen molar-refractivity contribution in [1.82, 2.24) is 19.3 Å². The number of nitrogens with zero attached hydrogens (tertiary/aromatic N) is 6. The van der Waals surface area contributed by atoms with Gasteiger partial charge in [0.05, 0.1) is 0 Å². The number of piperazine rings is 2. The molecule has 0 N–H and O–H groups in total. The molecule has 266 valence electrons. The zero-order valence-corrected chi connectivity index (χ0v) is 30.7. The van der Waals surface area contributed by atoms with Crippen LogP contribution in [-0.4, -0.2) is 109 Å². The lowest BCUT2D eigenvalue weighted by Crippen LogP contribution is -2.54. The molecule has 2 fully saturated rings. The fraction of sp³-hybridized carbons (Fsp3) is 0.538. The Bertz CT molecular complexity index is 1540. The predicted octanol–water partition coefficient (Wildman–Crippen LogP) is 5.78. The molecule has 0 aliphatic carbocycles. The molecule has 10 heteroatoms. The predicted molar refractivity (Wildman–Crippen MR) is 196 cm³/mol. The number of anilines is 2. The molecule has 5 rings (SSSR count). The van der Waals surface area contributed by atoms with Crippen molar-refractivity contribution in [2.75, 3.05) is 76.0 Å². The lowest BCUT2D eigenvalue weighted by Gasteiger charge is -2.41. The van der Waals surface area contributed by atoms with E-state index in [2.05, 4.69) is 87.7 Å². The summed E-state index contributed by atoms with van der Waals surface area (Å²) in [6, 6.07) is 21.3. The molecule has 2 saturated heterocycles. The molecular weight excluding hydrogens is 616 g/mol. The first-order chi connectivity index (χ1) is 23.4. The molecule has 10 nitrogen and oxygen atoms in total. The topological polar surface area (TPSA) is 73.7 Å². The van der Waals surface area contributed by atoms with Crippen molar-refractivity contribution in [3.63, 3.8) is 0 Å². The van der Waals surface area contributed by atoms with E-state index in [0.29, 0.717) is 13.1 Å². The Balaban J connectivity index is 1.15. The summed E-state index contributed by atoms with van der Waals surface area (Å²) in [5.41, 5.74) is 6.37. The molecule has 3 heterocycles. The van der Waals surface area contributed by atoms with E-state index in [0.717, 1.165) is 70.0 Å². The molecule has 2 aliphatic rings. The standard InChI is InChI=1S/C39H56N6O4/c1-30-27-43(34-16-9-8-10-17-34)24-25-45(30)37(46)36-26-33(31(2)40(36)6)28-41-20-22-42(23-21-41)35-18-12-11-14-32(35)15-13-19-44(29-48-7)38(47)49-39(3,4)5/h8-12,14,16-18,26,30H,13,15,19-25,27-29H2,1-7H3/t30-/m1/s1. The van der Waals surface area contributed by atoms with Crippen molar-refractivity contribution >= 4 is 23.4 Å². The SMILES string of the molecule is COCN(CCCc1ccccc1N1CCN(Cc2cc(C(=O)N3CCN(c4ccccc4)C[C@H]3C)n(C)c2C)CC1)C(=O)OC(C)(C)C. The zero-order valence-electron chi connectivity index (χ0n) is 30.7. The quantitative estimate of drug-likeness (QED) is 0.239. The van der Waals surface area contributed by atoms with Crippen molar-refractivity contribution in [3.05, 3.63) is 83.2 Å². The average molecular weight is 673 g/mol. The third-order valence-electron chi connectivity index (χ3n) is 9.78. The molecule has 3 aromatic rings. The third kappa shape index (κ3) is 9.16. The first kappa shape index (κ1) is 36.3. The number of rotatable bonds is 11. The minimum Gasteiger partial charge on any atom is -0.444 e. The zero-order chi connectivity index (χ0) is 35.1. The fourth-order valence-corrected chi connectivity index (χ4v) is 6.98. The van der Waals surface area contributed by atoms with Gasteiger partial charge >= 0.3 is 6.09 Å². The van der Waals surface area contributed by atoms with Crippen LogP contribution in [0.2, 0.25) is 0 Å². The first-order valence-electron chi connectivity index (χ1n) is 17.7. The Kier molecular flexibility index (Phi) is 11.9. The van der Waals surface area contributed by atoms with Crippen LogP contribution < -0.4 is 9.80 Å². The van der Waals surface area contributed by atoms with Gasteiger partial charge in [0.2, 0.25) is 0 Å². The molecular formula is C39H56N6O4. The smallest absolute Gasteiger partial charge is 0.412 e.